The summed E-state index contributed by atoms with van der Waals surface area (Å²) in [6.45, 7) is 0.874. The van der Waals surface area contributed by atoms with Crippen LogP contribution in [0.3, 0.4) is 0 Å². The first-order valence-corrected chi connectivity index (χ1v) is 4.16. The van der Waals surface area contributed by atoms with Crippen LogP contribution in [0, 0.1) is 11.3 Å². The number of anilines is 1. The van der Waals surface area contributed by atoms with Gasteiger partial charge in [0.1, 0.15) is 6.54 Å². The highest BCUT2D eigenvalue weighted by atomic mass is 16.3. The lowest BCUT2D eigenvalue weighted by atomic mass is 10.3. The number of nitriles is 1. The van der Waals surface area contributed by atoms with E-state index < -0.39 is 0 Å². The molecule has 0 aliphatic carbocycles. The maximum atomic E-state index is 8.77. The molecule has 3 heteroatoms. The highest BCUT2D eigenvalue weighted by Gasteiger charge is 2.02. The molecule has 0 aliphatic heterocycles. The maximum absolute atomic E-state index is 8.77. The molecule has 0 radical (unpaired) electrons. The van der Waals surface area contributed by atoms with E-state index in [0.29, 0.717) is 13.1 Å². The summed E-state index contributed by atoms with van der Waals surface area (Å²) >= 11 is 0. The van der Waals surface area contributed by atoms with Crippen LogP contribution in [0.4, 0.5) is 5.69 Å². The summed E-state index contributed by atoms with van der Waals surface area (Å²) in [4.78, 5) is 1.83. The van der Waals surface area contributed by atoms with Crippen molar-refractivity contribution in [2.24, 2.45) is 0 Å². The monoisotopic (exact) mass is 176 g/mol. The molecule has 1 N–H and O–H groups in total. The van der Waals surface area contributed by atoms with Crippen molar-refractivity contribution in [3.8, 4) is 6.07 Å². The zero-order valence-corrected chi connectivity index (χ0v) is 7.35. The molecule has 68 valence electrons. The van der Waals surface area contributed by atoms with Gasteiger partial charge in [-0.2, -0.15) is 5.26 Å². The van der Waals surface area contributed by atoms with Gasteiger partial charge in [0, 0.05) is 12.2 Å². The minimum absolute atomic E-state index is 0.0660. The number of hydrogen-bond donors (Lipinski definition) is 1. The topological polar surface area (TPSA) is 47.3 Å². The van der Waals surface area contributed by atoms with Crippen molar-refractivity contribution in [2.75, 3.05) is 24.6 Å². The third-order valence-electron chi connectivity index (χ3n) is 1.75. The van der Waals surface area contributed by atoms with E-state index in [1.807, 2.05) is 35.2 Å². The van der Waals surface area contributed by atoms with E-state index in [-0.39, 0.29) is 6.61 Å². The predicted octanol–water partition coefficient (Wildman–Crippen LogP) is 1.01. The Hall–Kier alpha value is -1.53. The van der Waals surface area contributed by atoms with Gasteiger partial charge in [-0.25, -0.2) is 0 Å². The van der Waals surface area contributed by atoms with Crippen molar-refractivity contribution < 1.29 is 5.11 Å². The fraction of sp³-hybridized carbons (Fsp3) is 0.300. The molecule has 0 heterocycles. The lowest BCUT2D eigenvalue weighted by Crippen LogP contribution is -2.26. The van der Waals surface area contributed by atoms with E-state index in [9.17, 15) is 0 Å². The van der Waals surface area contributed by atoms with Gasteiger partial charge in [0.05, 0.1) is 12.7 Å². The smallest absolute Gasteiger partial charge is 0.105 e. The molecular formula is C10H12N2O. The molecule has 0 saturated carbocycles. The van der Waals surface area contributed by atoms with Crippen molar-refractivity contribution in [1.82, 2.24) is 0 Å². The minimum atomic E-state index is 0.0660. The van der Waals surface area contributed by atoms with Crippen LogP contribution in [-0.4, -0.2) is 24.8 Å². The number of hydrogen-bond acceptors (Lipinski definition) is 3. The van der Waals surface area contributed by atoms with E-state index in [1.54, 1.807) is 0 Å². The number of aliphatic hydroxyl groups is 1. The van der Waals surface area contributed by atoms with Gasteiger partial charge in [-0.15, -0.1) is 0 Å². The Kier molecular flexibility index (Phi) is 3.80. The lowest BCUT2D eigenvalue weighted by Gasteiger charge is -2.19. The van der Waals surface area contributed by atoms with Crippen molar-refractivity contribution in [1.29, 1.82) is 5.26 Å². The van der Waals surface area contributed by atoms with Crippen LogP contribution >= 0.6 is 0 Å². The Morgan fingerprint density at radius 3 is 2.54 bits per heavy atom. The second-order valence-electron chi connectivity index (χ2n) is 2.64. The summed E-state index contributed by atoms with van der Waals surface area (Å²) in [6.07, 6.45) is 0. The van der Waals surface area contributed by atoms with Crippen LogP contribution in [0.2, 0.25) is 0 Å². The number of para-hydroxylation sites is 1. The molecule has 0 saturated heterocycles. The Bertz CT molecular complexity index is 279. The average Bonchev–Trinajstić information content (AvgIpc) is 2.19. The molecule has 0 spiro atoms. The first-order valence-electron chi connectivity index (χ1n) is 4.16. The summed E-state index contributed by atoms with van der Waals surface area (Å²) in [5, 5.41) is 17.3. The molecule has 13 heavy (non-hydrogen) atoms. The highest BCUT2D eigenvalue weighted by Crippen LogP contribution is 2.11. The van der Waals surface area contributed by atoms with Gasteiger partial charge in [0.25, 0.3) is 0 Å². The van der Waals surface area contributed by atoms with E-state index in [0.717, 1.165) is 5.69 Å². The van der Waals surface area contributed by atoms with Gasteiger partial charge in [-0.3, -0.25) is 0 Å². The van der Waals surface area contributed by atoms with Gasteiger partial charge in [-0.1, -0.05) is 18.2 Å². The Morgan fingerprint density at radius 2 is 2.00 bits per heavy atom. The van der Waals surface area contributed by atoms with Crippen molar-refractivity contribution >= 4 is 5.69 Å². The average molecular weight is 176 g/mol. The largest absolute Gasteiger partial charge is 0.395 e. The van der Waals surface area contributed by atoms with Crippen LogP contribution in [-0.2, 0) is 0 Å². The zero-order chi connectivity index (χ0) is 9.52. The lowest BCUT2D eigenvalue weighted by molar-refractivity contribution is 0.303. The first-order chi connectivity index (χ1) is 6.38. The van der Waals surface area contributed by atoms with Crippen LogP contribution in [0.25, 0.3) is 0 Å². The molecular weight excluding hydrogens is 164 g/mol. The van der Waals surface area contributed by atoms with Crippen LogP contribution < -0.4 is 4.90 Å². The van der Waals surface area contributed by atoms with Crippen LogP contribution in [0.1, 0.15) is 0 Å². The Labute approximate surface area is 77.8 Å². The van der Waals surface area contributed by atoms with E-state index in [2.05, 4.69) is 6.07 Å². The normalized spacial score (nSPS) is 9.23. The minimum Gasteiger partial charge on any atom is -0.395 e. The molecule has 0 fully saturated rings. The number of rotatable bonds is 4. The molecule has 0 aliphatic rings. The van der Waals surface area contributed by atoms with Gasteiger partial charge in [-0.05, 0) is 12.1 Å². The summed E-state index contributed by atoms with van der Waals surface area (Å²) in [7, 11) is 0. The quantitative estimate of drug-likeness (QED) is 0.696. The molecule has 0 amide bonds. The Morgan fingerprint density at radius 1 is 1.31 bits per heavy atom. The summed E-state index contributed by atoms with van der Waals surface area (Å²) < 4.78 is 0. The third-order valence-corrected chi connectivity index (χ3v) is 1.75. The molecule has 0 unspecified atom stereocenters. The van der Waals surface area contributed by atoms with Gasteiger partial charge in [0.2, 0.25) is 0 Å². The summed E-state index contributed by atoms with van der Waals surface area (Å²) in [5.41, 5.74) is 0.970. The SMILES string of the molecule is N#CCN(CCO)c1ccccc1. The van der Waals surface area contributed by atoms with Crippen LogP contribution in [0.15, 0.2) is 30.3 Å². The second-order valence-corrected chi connectivity index (χ2v) is 2.64. The Balaban J connectivity index is 2.71. The van der Waals surface area contributed by atoms with Gasteiger partial charge < -0.3 is 10.0 Å². The van der Waals surface area contributed by atoms with Gasteiger partial charge >= 0.3 is 0 Å². The standard InChI is InChI=1S/C10H12N2O/c11-6-7-12(8-9-13)10-4-2-1-3-5-10/h1-5,13H,7-9H2. The zero-order valence-electron chi connectivity index (χ0n) is 7.35. The van der Waals surface area contributed by atoms with E-state index in [1.165, 1.54) is 0 Å². The van der Waals surface area contributed by atoms with Crippen molar-refractivity contribution in [3.63, 3.8) is 0 Å². The fourth-order valence-corrected chi connectivity index (χ4v) is 1.14. The van der Waals surface area contributed by atoms with Crippen molar-refractivity contribution in [2.45, 2.75) is 0 Å². The van der Waals surface area contributed by atoms with Gasteiger partial charge in [0.15, 0.2) is 0 Å². The molecule has 1 aromatic carbocycles. The third kappa shape index (κ3) is 2.77. The maximum Gasteiger partial charge on any atom is 0.105 e. The number of nitrogens with zero attached hydrogens (tertiary/aromatic N) is 2. The highest BCUT2D eigenvalue weighted by molar-refractivity contribution is 5.46. The molecule has 3 nitrogen and oxygen atoms in total. The molecule has 0 bridgehead atoms. The predicted molar refractivity (Wildman–Crippen MR) is 51.4 cm³/mol. The first kappa shape index (κ1) is 9.56. The fourth-order valence-electron chi connectivity index (χ4n) is 1.14. The summed E-state index contributed by atoms with van der Waals surface area (Å²) in [5.74, 6) is 0. The van der Waals surface area contributed by atoms with Crippen LogP contribution in [0.5, 0.6) is 0 Å². The molecule has 1 aromatic rings. The van der Waals surface area contributed by atoms with Crippen molar-refractivity contribution in [3.05, 3.63) is 30.3 Å². The second kappa shape index (κ2) is 5.18. The van der Waals surface area contributed by atoms with E-state index >= 15 is 0 Å². The summed E-state index contributed by atoms with van der Waals surface area (Å²) in [6, 6.07) is 11.7. The number of benzene rings is 1. The molecule has 0 atom stereocenters. The molecule has 0 aromatic heterocycles. The number of aliphatic hydroxyl groups excluding tert-OH is 1. The molecule has 1 rings (SSSR count). The van der Waals surface area contributed by atoms with E-state index in [4.69, 9.17) is 10.4 Å².